The van der Waals surface area contributed by atoms with Crippen LogP contribution in [0.15, 0.2) is 22.7 Å². The van der Waals surface area contributed by atoms with E-state index < -0.39 is 23.8 Å². The first-order chi connectivity index (χ1) is 9.30. The van der Waals surface area contributed by atoms with Gasteiger partial charge in [0, 0.05) is 22.5 Å². The first kappa shape index (κ1) is 15.5. The Morgan fingerprint density at radius 3 is 2.75 bits per heavy atom. The van der Waals surface area contributed by atoms with Crippen molar-refractivity contribution in [3.8, 4) is 0 Å². The minimum atomic E-state index is -4.51. The van der Waals surface area contributed by atoms with Crippen LogP contribution in [0.3, 0.4) is 0 Å². The number of aliphatic carboxylic acids is 1. The molecule has 0 spiro atoms. The molecule has 0 amide bonds. The van der Waals surface area contributed by atoms with Gasteiger partial charge < -0.3 is 10.0 Å². The number of halogens is 4. The number of carboxylic acids is 1. The summed E-state index contributed by atoms with van der Waals surface area (Å²) in [5.74, 6) is -0.225. The summed E-state index contributed by atoms with van der Waals surface area (Å²) in [5, 5.41) is 9.19. The maximum absolute atomic E-state index is 13.1. The lowest BCUT2D eigenvalue weighted by atomic mass is 10.1. The second-order valence-corrected chi connectivity index (χ2v) is 6.35. The average Bonchev–Trinajstić information content (AvgIpc) is 2.37. The van der Waals surface area contributed by atoms with E-state index in [1.54, 1.807) is 0 Å². The van der Waals surface area contributed by atoms with E-state index in [9.17, 15) is 23.1 Å². The zero-order valence-corrected chi connectivity index (χ0v) is 12.6. The van der Waals surface area contributed by atoms with Crippen LogP contribution in [-0.4, -0.2) is 35.2 Å². The largest absolute Gasteiger partial charge is 0.480 e. The van der Waals surface area contributed by atoms with Crippen molar-refractivity contribution < 1.29 is 23.1 Å². The second-order valence-electron chi connectivity index (χ2n) is 4.28. The highest BCUT2D eigenvalue weighted by Crippen LogP contribution is 2.39. The Kier molecular flexibility index (Phi) is 4.53. The average molecular weight is 370 g/mol. The van der Waals surface area contributed by atoms with Gasteiger partial charge in [0.1, 0.15) is 6.04 Å². The Morgan fingerprint density at radius 1 is 1.45 bits per heavy atom. The maximum Gasteiger partial charge on any atom is 0.418 e. The van der Waals surface area contributed by atoms with Gasteiger partial charge in [0.25, 0.3) is 0 Å². The van der Waals surface area contributed by atoms with Gasteiger partial charge in [0.05, 0.1) is 11.3 Å². The second kappa shape index (κ2) is 5.85. The van der Waals surface area contributed by atoms with E-state index >= 15 is 0 Å². The van der Waals surface area contributed by atoms with E-state index in [2.05, 4.69) is 15.9 Å². The zero-order valence-electron chi connectivity index (χ0n) is 10.2. The van der Waals surface area contributed by atoms with E-state index in [1.807, 2.05) is 0 Å². The van der Waals surface area contributed by atoms with Gasteiger partial charge in [-0.2, -0.15) is 24.9 Å². The van der Waals surface area contributed by atoms with E-state index in [0.29, 0.717) is 10.2 Å². The van der Waals surface area contributed by atoms with Gasteiger partial charge >= 0.3 is 12.1 Å². The third-order valence-corrected chi connectivity index (χ3v) is 4.50. The third kappa shape index (κ3) is 3.22. The van der Waals surface area contributed by atoms with Gasteiger partial charge in [0.15, 0.2) is 0 Å². The van der Waals surface area contributed by atoms with Crippen LogP contribution < -0.4 is 4.90 Å². The fourth-order valence-electron chi connectivity index (χ4n) is 2.08. The van der Waals surface area contributed by atoms with Crippen LogP contribution in [0.1, 0.15) is 5.56 Å². The number of carbonyl (C=O) groups is 1. The van der Waals surface area contributed by atoms with Gasteiger partial charge in [-0.25, -0.2) is 4.79 Å². The molecule has 3 nitrogen and oxygen atoms in total. The quantitative estimate of drug-likeness (QED) is 0.866. The molecule has 1 heterocycles. The van der Waals surface area contributed by atoms with E-state index in [-0.39, 0.29) is 18.0 Å². The molecule has 1 aliphatic rings. The summed E-state index contributed by atoms with van der Waals surface area (Å²) < 4.78 is 39.7. The summed E-state index contributed by atoms with van der Waals surface area (Å²) >= 11 is 4.57. The molecule has 8 heteroatoms. The topological polar surface area (TPSA) is 40.5 Å². The van der Waals surface area contributed by atoms with Gasteiger partial charge in [-0.05, 0) is 18.2 Å². The highest BCUT2D eigenvalue weighted by molar-refractivity contribution is 9.10. The molecule has 0 radical (unpaired) electrons. The lowest BCUT2D eigenvalue weighted by Gasteiger charge is -2.36. The number of nitrogens with zero attached hydrogens (tertiary/aromatic N) is 1. The molecule has 1 aliphatic heterocycles. The molecule has 1 fully saturated rings. The van der Waals surface area contributed by atoms with Gasteiger partial charge in [-0.15, -0.1) is 0 Å². The molecule has 0 bridgehead atoms. The van der Waals surface area contributed by atoms with Crippen molar-refractivity contribution in [2.45, 2.75) is 12.2 Å². The van der Waals surface area contributed by atoms with Crippen molar-refractivity contribution in [2.75, 3.05) is 23.0 Å². The fraction of sp³-hybridized carbons (Fsp3) is 0.417. The molecule has 1 atom stereocenters. The molecule has 110 valence electrons. The van der Waals surface area contributed by atoms with E-state index in [0.717, 1.165) is 6.07 Å². The van der Waals surface area contributed by atoms with Gasteiger partial charge in [-0.1, -0.05) is 15.9 Å². The number of rotatable bonds is 2. The molecule has 1 aromatic rings. The molecule has 1 aromatic carbocycles. The monoisotopic (exact) mass is 369 g/mol. The van der Waals surface area contributed by atoms with E-state index in [1.165, 1.54) is 28.8 Å². The molecular formula is C12H11BrF3NO2S. The number of hydrogen-bond acceptors (Lipinski definition) is 3. The summed E-state index contributed by atoms with van der Waals surface area (Å²) in [7, 11) is 0. The van der Waals surface area contributed by atoms with Crippen LogP contribution in [0.2, 0.25) is 0 Å². The molecule has 1 unspecified atom stereocenters. The van der Waals surface area contributed by atoms with Crippen LogP contribution in [0.25, 0.3) is 0 Å². The molecule has 2 rings (SSSR count). The summed E-state index contributed by atoms with van der Waals surface area (Å²) in [5.41, 5.74) is -0.890. The van der Waals surface area contributed by atoms with Crippen molar-refractivity contribution in [2.24, 2.45) is 0 Å². The van der Waals surface area contributed by atoms with Crippen LogP contribution in [-0.2, 0) is 11.0 Å². The molecule has 20 heavy (non-hydrogen) atoms. The third-order valence-electron chi connectivity index (χ3n) is 2.99. The summed E-state index contributed by atoms with van der Waals surface area (Å²) in [6.45, 7) is 0.279. The van der Waals surface area contributed by atoms with Crippen LogP contribution >= 0.6 is 27.7 Å². The number of anilines is 1. The van der Waals surface area contributed by atoms with E-state index in [4.69, 9.17) is 0 Å². The van der Waals surface area contributed by atoms with Crippen LogP contribution in [0.4, 0.5) is 18.9 Å². The summed E-state index contributed by atoms with van der Waals surface area (Å²) in [6.07, 6.45) is -4.51. The minimum absolute atomic E-state index is 0.0837. The Hall–Kier alpha value is -0.890. The SMILES string of the molecule is O=C(O)C1CSCCN1c1cc(Br)ccc1C(F)(F)F. The number of carboxylic acid groups (broad SMARTS) is 1. The lowest BCUT2D eigenvalue weighted by Crippen LogP contribution is -2.48. The van der Waals surface area contributed by atoms with Crippen molar-refractivity contribution in [1.29, 1.82) is 0 Å². The molecular weight excluding hydrogens is 359 g/mol. The van der Waals surface area contributed by atoms with Crippen LogP contribution in [0.5, 0.6) is 0 Å². The summed E-state index contributed by atoms with van der Waals surface area (Å²) in [4.78, 5) is 12.6. The van der Waals surface area contributed by atoms with Gasteiger partial charge in [0.2, 0.25) is 0 Å². The number of thioether (sulfide) groups is 1. The Bertz CT molecular complexity index is 524. The number of alkyl halides is 3. The van der Waals surface area contributed by atoms with Gasteiger partial charge in [-0.3, -0.25) is 0 Å². The lowest BCUT2D eigenvalue weighted by molar-refractivity contribution is -0.140. The Balaban J connectivity index is 2.49. The predicted molar refractivity (Wildman–Crippen MR) is 75.2 cm³/mol. The van der Waals surface area contributed by atoms with Crippen molar-refractivity contribution in [1.82, 2.24) is 0 Å². The minimum Gasteiger partial charge on any atom is -0.480 e. The zero-order chi connectivity index (χ0) is 14.9. The summed E-state index contributed by atoms with van der Waals surface area (Å²) in [6, 6.07) is 2.67. The van der Waals surface area contributed by atoms with Crippen molar-refractivity contribution in [3.05, 3.63) is 28.2 Å². The first-order valence-electron chi connectivity index (χ1n) is 5.74. The molecule has 0 saturated carbocycles. The molecule has 0 aliphatic carbocycles. The predicted octanol–water partition coefficient (Wildman–Crippen LogP) is 3.47. The molecule has 1 N–H and O–H groups in total. The number of benzene rings is 1. The fourth-order valence-corrected chi connectivity index (χ4v) is 3.47. The Morgan fingerprint density at radius 2 is 2.15 bits per heavy atom. The first-order valence-corrected chi connectivity index (χ1v) is 7.69. The highest BCUT2D eigenvalue weighted by atomic mass is 79.9. The number of hydrogen-bond donors (Lipinski definition) is 1. The molecule has 0 aromatic heterocycles. The van der Waals surface area contributed by atoms with Crippen LogP contribution in [0, 0.1) is 0 Å². The molecule has 1 saturated heterocycles. The standard InChI is InChI=1S/C12H11BrF3NO2S/c13-7-1-2-8(12(14,15)16)9(5-7)17-3-4-20-6-10(17)11(18)19/h1-2,5,10H,3-4,6H2,(H,18,19). The Labute approximate surface area is 126 Å². The smallest absolute Gasteiger partial charge is 0.418 e. The normalized spacial score (nSPS) is 20.0. The van der Waals surface area contributed by atoms with Crippen molar-refractivity contribution in [3.63, 3.8) is 0 Å². The van der Waals surface area contributed by atoms with Crippen molar-refractivity contribution >= 4 is 39.3 Å². The highest BCUT2D eigenvalue weighted by Gasteiger charge is 2.38. The maximum atomic E-state index is 13.1.